The zero-order valence-corrected chi connectivity index (χ0v) is 22.4. The summed E-state index contributed by atoms with van der Waals surface area (Å²) in [6.07, 6.45) is -1.72. The minimum absolute atomic E-state index is 0.0412. The maximum atomic E-state index is 14.3. The molecule has 0 aliphatic carbocycles. The SMILES string of the molecule is CC1CCCN1C(=O)c1nc(C(=O)N2CCC(C)(O)C2)sc1-c1cnc(NC(C)(C)C)cc1C(F)(F)F. The molecule has 2 aromatic rings. The van der Waals surface area contributed by atoms with Crippen LogP contribution in [0.25, 0.3) is 10.4 Å². The Bertz CT molecular complexity index is 1210. The molecule has 4 heterocycles. The number of amides is 2. The fourth-order valence-corrected chi connectivity index (χ4v) is 5.74. The summed E-state index contributed by atoms with van der Waals surface area (Å²) >= 11 is 0.753. The number of hydrogen-bond acceptors (Lipinski definition) is 7. The number of pyridine rings is 1. The number of β-amino-alcohol motifs (C(OH)–C–C–N with tert-alkyl or cyclic N) is 1. The van der Waals surface area contributed by atoms with Crippen LogP contribution in [-0.4, -0.2) is 73.5 Å². The molecule has 0 radical (unpaired) electrons. The molecule has 2 aromatic heterocycles. The minimum Gasteiger partial charge on any atom is -0.388 e. The summed E-state index contributed by atoms with van der Waals surface area (Å²) in [5.41, 5.74) is -3.03. The molecule has 12 heteroatoms. The molecule has 2 atom stereocenters. The van der Waals surface area contributed by atoms with Gasteiger partial charge in [-0.3, -0.25) is 9.59 Å². The van der Waals surface area contributed by atoms with Gasteiger partial charge in [0.2, 0.25) is 0 Å². The van der Waals surface area contributed by atoms with Gasteiger partial charge in [0.05, 0.1) is 16.0 Å². The first-order chi connectivity index (χ1) is 17.1. The highest BCUT2D eigenvalue weighted by atomic mass is 32.1. The molecule has 2 aliphatic heterocycles. The number of aromatic nitrogens is 2. The van der Waals surface area contributed by atoms with Gasteiger partial charge in [0.1, 0.15) is 11.5 Å². The monoisotopic (exact) mass is 539 g/mol. The molecular formula is C25H32F3N5O3S. The third kappa shape index (κ3) is 5.90. The van der Waals surface area contributed by atoms with Crippen molar-refractivity contribution < 1.29 is 27.9 Å². The average molecular weight is 540 g/mol. The van der Waals surface area contributed by atoms with Crippen molar-refractivity contribution in [2.24, 2.45) is 0 Å². The highest BCUT2D eigenvalue weighted by Crippen LogP contribution is 2.42. The van der Waals surface area contributed by atoms with Gasteiger partial charge in [0.15, 0.2) is 5.01 Å². The van der Waals surface area contributed by atoms with E-state index >= 15 is 0 Å². The van der Waals surface area contributed by atoms with Gasteiger partial charge in [0, 0.05) is 43.0 Å². The van der Waals surface area contributed by atoms with Crippen LogP contribution in [0.15, 0.2) is 12.3 Å². The number of halogens is 3. The number of carbonyl (C=O) groups is 2. The molecule has 0 aromatic carbocycles. The molecule has 2 fully saturated rings. The second kappa shape index (κ2) is 9.54. The summed E-state index contributed by atoms with van der Waals surface area (Å²) < 4.78 is 42.8. The summed E-state index contributed by atoms with van der Waals surface area (Å²) in [4.78, 5) is 38.2. The highest BCUT2D eigenvalue weighted by Gasteiger charge is 2.40. The smallest absolute Gasteiger partial charge is 0.388 e. The highest BCUT2D eigenvalue weighted by molar-refractivity contribution is 7.17. The predicted octanol–water partition coefficient (Wildman–Crippen LogP) is 4.66. The van der Waals surface area contributed by atoms with E-state index in [4.69, 9.17) is 0 Å². The molecule has 37 heavy (non-hydrogen) atoms. The fourth-order valence-electron chi connectivity index (χ4n) is 4.69. The number of alkyl halides is 3. The standard InChI is InChI=1S/C25H32F3N5O3S/c1-14-7-6-9-33(14)21(34)18-19(37-20(30-18)22(35)32-10-8-24(5,36)13-32)15-12-29-17(31-23(2,3)4)11-16(15)25(26,27)28/h11-12,14,36H,6-10,13H2,1-5H3,(H,29,31). The molecule has 202 valence electrons. The van der Waals surface area contributed by atoms with Crippen molar-refractivity contribution in [3.8, 4) is 10.4 Å². The zero-order chi connectivity index (χ0) is 27.3. The number of aliphatic hydroxyl groups is 1. The van der Waals surface area contributed by atoms with Crippen LogP contribution in [0.2, 0.25) is 0 Å². The number of likely N-dealkylation sites (tertiary alicyclic amines) is 2. The van der Waals surface area contributed by atoms with Crippen molar-refractivity contribution >= 4 is 29.0 Å². The van der Waals surface area contributed by atoms with E-state index in [0.29, 0.717) is 13.0 Å². The van der Waals surface area contributed by atoms with Crippen LogP contribution in [0.4, 0.5) is 19.0 Å². The quantitative estimate of drug-likeness (QED) is 0.587. The summed E-state index contributed by atoms with van der Waals surface area (Å²) in [6.45, 7) is 9.75. The van der Waals surface area contributed by atoms with Gasteiger partial charge in [-0.2, -0.15) is 13.2 Å². The second-order valence-corrected chi connectivity index (χ2v) is 12.1. The number of nitrogens with zero attached hydrogens (tertiary/aromatic N) is 4. The molecular weight excluding hydrogens is 507 g/mol. The molecule has 2 saturated heterocycles. The van der Waals surface area contributed by atoms with E-state index in [1.165, 1.54) is 4.90 Å². The first-order valence-electron chi connectivity index (χ1n) is 12.2. The zero-order valence-electron chi connectivity index (χ0n) is 21.6. The summed E-state index contributed by atoms with van der Waals surface area (Å²) in [7, 11) is 0. The maximum Gasteiger partial charge on any atom is 0.417 e. The fraction of sp³-hybridized carbons (Fsp3) is 0.600. The first kappa shape index (κ1) is 27.3. The lowest BCUT2D eigenvalue weighted by molar-refractivity contribution is -0.137. The lowest BCUT2D eigenvalue weighted by Crippen LogP contribution is -2.35. The van der Waals surface area contributed by atoms with Gasteiger partial charge in [-0.25, -0.2) is 9.97 Å². The average Bonchev–Trinajstić information content (AvgIpc) is 3.49. The molecule has 4 rings (SSSR count). The topological polar surface area (TPSA) is 98.7 Å². The van der Waals surface area contributed by atoms with Gasteiger partial charge in [-0.05, 0) is 59.9 Å². The minimum atomic E-state index is -4.74. The second-order valence-electron chi connectivity index (χ2n) is 11.1. The van der Waals surface area contributed by atoms with Crippen LogP contribution in [0.5, 0.6) is 0 Å². The van der Waals surface area contributed by atoms with Crippen molar-refractivity contribution in [2.45, 2.75) is 77.2 Å². The Morgan fingerprint density at radius 3 is 2.46 bits per heavy atom. The first-order valence-corrected chi connectivity index (χ1v) is 13.1. The van der Waals surface area contributed by atoms with Gasteiger partial charge in [0.25, 0.3) is 11.8 Å². The van der Waals surface area contributed by atoms with E-state index in [-0.39, 0.29) is 46.1 Å². The largest absolute Gasteiger partial charge is 0.417 e. The predicted molar refractivity (Wildman–Crippen MR) is 135 cm³/mol. The van der Waals surface area contributed by atoms with Gasteiger partial charge >= 0.3 is 6.18 Å². The summed E-state index contributed by atoms with van der Waals surface area (Å²) in [5, 5.41) is 13.1. The molecule has 8 nitrogen and oxygen atoms in total. The van der Waals surface area contributed by atoms with Crippen LogP contribution in [0, 0.1) is 0 Å². The number of carbonyl (C=O) groups excluding carboxylic acids is 2. The summed E-state index contributed by atoms with van der Waals surface area (Å²) in [5.74, 6) is -0.983. The maximum absolute atomic E-state index is 14.3. The van der Waals surface area contributed by atoms with Gasteiger partial charge in [-0.1, -0.05) is 0 Å². The van der Waals surface area contributed by atoms with Crippen molar-refractivity contribution in [3.05, 3.63) is 28.5 Å². The Morgan fingerprint density at radius 1 is 1.22 bits per heavy atom. The van der Waals surface area contributed by atoms with Crippen LogP contribution in [0.3, 0.4) is 0 Å². The Hall–Kier alpha value is -2.73. The Morgan fingerprint density at radius 2 is 1.92 bits per heavy atom. The molecule has 2 unspecified atom stereocenters. The van der Waals surface area contributed by atoms with E-state index in [9.17, 15) is 27.9 Å². The molecule has 0 bridgehead atoms. The van der Waals surface area contributed by atoms with Crippen LogP contribution < -0.4 is 5.32 Å². The molecule has 2 amide bonds. The number of rotatable bonds is 4. The van der Waals surface area contributed by atoms with E-state index < -0.39 is 34.7 Å². The Kier molecular flexibility index (Phi) is 7.04. The lowest BCUT2D eigenvalue weighted by atomic mass is 10.1. The van der Waals surface area contributed by atoms with Crippen molar-refractivity contribution in [2.75, 3.05) is 25.0 Å². The molecule has 2 aliphatic rings. The van der Waals surface area contributed by atoms with Crippen LogP contribution >= 0.6 is 11.3 Å². The lowest BCUT2D eigenvalue weighted by Gasteiger charge is -2.23. The van der Waals surface area contributed by atoms with Crippen molar-refractivity contribution in [1.29, 1.82) is 0 Å². The number of anilines is 1. The van der Waals surface area contributed by atoms with Gasteiger partial charge < -0.3 is 20.2 Å². The van der Waals surface area contributed by atoms with Crippen molar-refractivity contribution in [3.63, 3.8) is 0 Å². The summed E-state index contributed by atoms with van der Waals surface area (Å²) in [6, 6.07) is 0.833. The Balaban J connectivity index is 1.83. The molecule has 2 N–H and O–H groups in total. The van der Waals surface area contributed by atoms with E-state index in [1.54, 1.807) is 32.6 Å². The van der Waals surface area contributed by atoms with E-state index in [1.807, 2.05) is 6.92 Å². The van der Waals surface area contributed by atoms with E-state index in [0.717, 1.165) is 36.4 Å². The van der Waals surface area contributed by atoms with Crippen LogP contribution in [0.1, 0.15) is 79.7 Å². The molecule has 0 spiro atoms. The third-order valence-corrected chi connectivity index (χ3v) is 7.60. The van der Waals surface area contributed by atoms with E-state index in [2.05, 4.69) is 15.3 Å². The third-order valence-electron chi connectivity index (χ3n) is 6.52. The number of nitrogens with one attached hydrogen (secondary N) is 1. The van der Waals surface area contributed by atoms with Gasteiger partial charge in [-0.15, -0.1) is 11.3 Å². The van der Waals surface area contributed by atoms with Crippen LogP contribution in [-0.2, 0) is 6.18 Å². The Labute approximate surface area is 217 Å². The van der Waals surface area contributed by atoms with Crippen molar-refractivity contribution in [1.82, 2.24) is 19.8 Å². The number of hydrogen-bond donors (Lipinski definition) is 2. The normalized spacial score (nSPS) is 22.6. The molecule has 0 saturated carbocycles. The number of thiazole rings is 1.